The quantitative estimate of drug-likeness (QED) is 0.462. The van der Waals surface area contributed by atoms with Crippen LogP contribution in [0.2, 0.25) is 0 Å². The molecule has 1 fully saturated rings. The molecular weight excluding hydrogens is 437 g/mol. The van der Waals surface area contributed by atoms with E-state index in [0.717, 1.165) is 5.69 Å². The molecule has 1 aliphatic rings. The fourth-order valence-electron chi connectivity index (χ4n) is 4.42. The van der Waals surface area contributed by atoms with Crippen molar-refractivity contribution in [1.29, 1.82) is 0 Å². The second-order valence-corrected chi connectivity index (χ2v) is 8.50. The SMILES string of the molecule is CC(=O)c1ccc(N2CCN(C(=O)CCn3cnc4c([nH]c5ccc(F)cc54)c3=O)CC2)cc1. The van der Waals surface area contributed by atoms with E-state index in [1.54, 1.807) is 13.0 Å². The summed E-state index contributed by atoms with van der Waals surface area (Å²) in [6, 6.07) is 11.8. The Morgan fingerprint density at radius 3 is 2.50 bits per heavy atom. The molecule has 9 heteroatoms. The van der Waals surface area contributed by atoms with Crippen molar-refractivity contribution in [3.8, 4) is 0 Å². The van der Waals surface area contributed by atoms with Crippen LogP contribution in [0.4, 0.5) is 10.1 Å². The van der Waals surface area contributed by atoms with Crippen molar-refractivity contribution in [1.82, 2.24) is 19.4 Å². The van der Waals surface area contributed by atoms with Crippen LogP contribution in [-0.2, 0) is 11.3 Å². The number of aromatic nitrogens is 3. The molecule has 0 saturated carbocycles. The highest BCUT2D eigenvalue weighted by Crippen LogP contribution is 2.22. The number of Topliss-reactive ketones (excluding diaryl/α,β-unsaturated/α-hetero) is 1. The van der Waals surface area contributed by atoms with Crippen LogP contribution in [0.1, 0.15) is 23.7 Å². The lowest BCUT2D eigenvalue weighted by atomic mass is 10.1. The van der Waals surface area contributed by atoms with Gasteiger partial charge in [-0.1, -0.05) is 0 Å². The molecule has 0 radical (unpaired) electrons. The van der Waals surface area contributed by atoms with Crippen molar-refractivity contribution in [3.63, 3.8) is 0 Å². The van der Waals surface area contributed by atoms with Gasteiger partial charge in [-0.15, -0.1) is 0 Å². The molecule has 0 unspecified atom stereocenters. The minimum absolute atomic E-state index is 0.0164. The number of fused-ring (bicyclic) bond motifs is 3. The maximum Gasteiger partial charge on any atom is 0.277 e. The van der Waals surface area contributed by atoms with Crippen LogP contribution in [0, 0.1) is 5.82 Å². The van der Waals surface area contributed by atoms with Gasteiger partial charge < -0.3 is 14.8 Å². The smallest absolute Gasteiger partial charge is 0.277 e. The highest BCUT2D eigenvalue weighted by molar-refractivity contribution is 6.04. The van der Waals surface area contributed by atoms with Crippen LogP contribution in [0.3, 0.4) is 0 Å². The number of ketones is 1. The second kappa shape index (κ2) is 8.74. The highest BCUT2D eigenvalue weighted by Gasteiger charge is 2.21. The number of aromatic amines is 1. The van der Waals surface area contributed by atoms with Crippen LogP contribution < -0.4 is 10.5 Å². The van der Waals surface area contributed by atoms with Gasteiger partial charge in [0.05, 0.1) is 6.33 Å². The summed E-state index contributed by atoms with van der Waals surface area (Å²) >= 11 is 0. The summed E-state index contributed by atoms with van der Waals surface area (Å²) in [6.07, 6.45) is 1.61. The normalized spacial score (nSPS) is 14.2. The minimum atomic E-state index is -0.391. The van der Waals surface area contributed by atoms with Crippen LogP contribution in [0.15, 0.2) is 53.6 Å². The first-order chi connectivity index (χ1) is 16.4. The summed E-state index contributed by atoms with van der Waals surface area (Å²) in [5.74, 6) is -0.371. The lowest BCUT2D eigenvalue weighted by Gasteiger charge is -2.36. The molecule has 0 aliphatic carbocycles. The zero-order valence-electron chi connectivity index (χ0n) is 18.8. The predicted molar refractivity (Wildman–Crippen MR) is 128 cm³/mol. The van der Waals surface area contributed by atoms with Gasteiger partial charge in [0.1, 0.15) is 16.9 Å². The lowest BCUT2D eigenvalue weighted by molar-refractivity contribution is -0.131. The third kappa shape index (κ3) is 4.05. The largest absolute Gasteiger partial charge is 0.368 e. The van der Waals surface area contributed by atoms with E-state index in [2.05, 4.69) is 14.9 Å². The third-order valence-electron chi connectivity index (χ3n) is 6.37. The number of amides is 1. The topological polar surface area (TPSA) is 91.3 Å². The van der Waals surface area contributed by atoms with Gasteiger partial charge >= 0.3 is 0 Å². The molecule has 0 spiro atoms. The van der Waals surface area contributed by atoms with Gasteiger partial charge in [0, 0.05) is 61.3 Å². The van der Waals surface area contributed by atoms with E-state index in [1.165, 1.54) is 23.0 Å². The minimum Gasteiger partial charge on any atom is -0.368 e. The molecule has 1 N–H and O–H groups in total. The third-order valence-corrected chi connectivity index (χ3v) is 6.37. The first-order valence-electron chi connectivity index (χ1n) is 11.2. The standard InChI is InChI=1S/C25H24FN5O3/c1-16(32)17-2-5-19(6-3-17)29-10-12-30(13-11-29)22(33)8-9-31-15-27-23-20-14-18(26)4-7-21(20)28-24(23)25(31)34/h2-7,14-15,28H,8-13H2,1H3. The van der Waals surface area contributed by atoms with Crippen LogP contribution in [0.5, 0.6) is 0 Å². The van der Waals surface area contributed by atoms with Gasteiger partial charge in [0.25, 0.3) is 5.56 Å². The molecule has 2 aromatic heterocycles. The number of hydrogen-bond donors (Lipinski definition) is 1. The van der Waals surface area contributed by atoms with Crippen LogP contribution >= 0.6 is 0 Å². The van der Waals surface area contributed by atoms with Crippen molar-refractivity contribution < 1.29 is 14.0 Å². The summed E-state index contributed by atoms with van der Waals surface area (Å²) < 4.78 is 15.0. The van der Waals surface area contributed by atoms with Crippen molar-refractivity contribution in [3.05, 3.63) is 70.5 Å². The predicted octanol–water partition coefficient (Wildman–Crippen LogP) is 2.96. The van der Waals surface area contributed by atoms with E-state index in [1.807, 2.05) is 29.2 Å². The molecule has 4 aromatic rings. The average Bonchev–Trinajstić information content (AvgIpc) is 3.22. The number of halogens is 1. The van der Waals surface area contributed by atoms with Crippen LogP contribution in [0.25, 0.3) is 21.9 Å². The fourth-order valence-corrected chi connectivity index (χ4v) is 4.42. The molecule has 34 heavy (non-hydrogen) atoms. The number of nitrogens with one attached hydrogen (secondary N) is 1. The number of piperazine rings is 1. The van der Waals surface area contributed by atoms with Crippen molar-refractivity contribution in [2.24, 2.45) is 0 Å². The average molecular weight is 461 g/mol. The second-order valence-electron chi connectivity index (χ2n) is 8.50. The summed E-state index contributed by atoms with van der Waals surface area (Å²) in [4.78, 5) is 48.5. The van der Waals surface area contributed by atoms with Crippen molar-refractivity contribution in [2.45, 2.75) is 19.9 Å². The number of rotatable bonds is 5. The fraction of sp³-hybridized carbons (Fsp3) is 0.280. The van der Waals surface area contributed by atoms with Gasteiger partial charge in [-0.05, 0) is 49.4 Å². The summed E-state index contributed by atoms with van der Waals surface area (Å²) in [5, 5.41) is 0.559. The molecular formula is C25H24FN5O3. The van der Waals surface area contributed by atoms with Crippen molar-refractivity contribution >= 4 is 39.3 Å². The molecule has 0 atom stereocenters. The zero-order valence-corrected chi connectivity index (χ0v) is 18.8. The summed E-state index contributed by atoms with van der Waals surface area (Å²) in [7, 11) is 0. The van der Waals surface area contributed by atoms with Gasteiger partial charge in [-0.25, -0.2) is 9.37 Å². The van der Waals surface area contributed by atoms with E-state index >= 15 is 0 Å². The van der Waals surface area contributed by atoms with E-state index in [-0.39, 0.29) is 30.2 Å². The number of aryl methyl sites for hydroxylation is 1. The molecule has 1 aliphatic heterocycles. The Kier molecular flexibility index (Phi) is 5.61. The van der Waals surface area contributed by atoms with E-state index in [4.69, 9.17) is 0 Å². The number of carbonyl (C=O) groups excluding carboxylic acids is 2. The Morgan fingerprint density at radius 1 is 1.06 bits per heavy atom. The molecule has 5 rings (SSSR count). The Bertz CT molecular complexity index is 1450. The Hall–Kier alpha value is -4.01. The lowest BCUT2D eigenvalue weighted by Crippen LogP contribution is -2.49. The van der Waals surface area contributed by atoms with E-state index in [9.17, 15) is 18.8 Å². The number of nitrogens with zero attached hydrogens (tertiary/aromatic N) is 4. The molecule has 3 heterocycles. The molecule has 174 valence electrons. The van der Waals surface area contributed by atoms with Gasteiger partial charge in [-0.3, -0.25) is 19.0 Å². The van der Waals surface area contributed by atoms with Gasteiger partial charge in [0.2, 0.25) is 5.91 Å². The first-order valence-corrected chi connectivity index (χ1v) is 11.2. The Balaban J connectivity index is 1.22. The monoisotopic (exact) mass is 461 g/mol. The highest BCUT2D eigenvalue weighted by atomic mass is 19.1. The Labute approximate surface area is 194 Å². The van der Waals surface area contributed by atoms with E-state index < -0.39 is 5.82 Å². The maximum absolute atomic E-state index is 13.6. The number of H-pyrrole nitrogens is 1. The molecule has 8 nitrogen and oxygen atoms in total. The van der Waals surface area contributed by atoms with Crippen LogP contribution in [-0.4, -0.2) is 57.3 Å². The Morgan fingerprint density at radius 2 is 1.79 bits per heavy atom. The first kappa shape index (κ1) is 21.8. The summed E-state index contributed by atoms with van der Waals surface area (Å²) in [5.41, 5.74) is 2.80. The van der Waals surface area contributed by atoms with Crippen molar-refractivity contribution in [2.75, 3.05) is 31.1 Å². The maximum atomic E-state index is 13.6. The molecule has 2 aromatic carbocycles. The molecule has 1 saturated heterocycles. The number of carbonyl (C=O) groups is 2. The number of hydrogen-bond acceptors (Lipinski definition) is 5. The molecule has 1 amide bonds. The van der Waals surface area contributed by atoms with E-state index in [0.29, 0.717) is 53.7 Å². The molecule has 0 bridgehead atoms. The zero-order chi connectivity index (χ0) is 23.8. The summed E-state index contributed by atoms with van der Waals surface area (Å²) in [6.45, 7) is 4.34. The number of anilines is 1. The van der Waals surface area contributed by atoms with Gasteiger partial charge in [0.15, 0.2) is 5.78 Å². The number of benzene rings is 2. The van der Waals surface area contributed by atoms with Gasteiger partial charge in [-0.2, -0.15) is 0 Å².